The van der Waals surface area contributed by atoms with Gasteiger partial charge in [-0.15, -0.1) is 0 Å². The highest BCUT2D eigenvalue weighted by molar-refractivity contribution is 9.10. The molecule has 0 saturated carbocycles. The summed E-state index contributed by atoms with van der Waals surface area (Å²) in [5, 5.41) is 3.40. The van der Waals surface area contributed by atoms with Crippen molar-refractivity contribution in [2.24, 2.45) is 0 Å². The minimum atomic E-state index is -0.397. The van der Waals surface area contributed by atoms with Gasteiger partial charge in [-0.2, -0.15) is 0 Å². The van der Waals surface area contributed by atoms with E-state index in [4.69, 9.17) is 16.3 Å². The van der Waals surface area contributed by atoms with Crippen molar-refractivity contribution in [3.05, 3.63) is 39.3 Å². The number of halogens is 3. The molecular formula is C13H14BrClFN3O. The monoisotopic (exact) mass is 361 g/mol. The second-order valence-electron chi connectivity index (χ2n) is 4.26. The molecule has 0 aliphatic rings. The van der Waals surface area contributed by atoms with E-state index >= 15 is 0 Å². The Morgan fingerprint density at radius 3 is 2.90 bits per heavy atom. The summed E-state index contributed by atoms with van der Waals surface area (Å²) in [6.07, 6.45) is 1.91. The molecule has 1 N–H and O–H groups in total. The molecule has 0 radical (unpaired) electrons. The van der Waals surface area contributed by atoms with E-state index in [-0.39, 0.29) is 5.02 Å². The summed E-state index contributed by atoms with van der Waals surface area (Å²) >= 11 is 9.34. The lowest BCUT2D eigenvalue weighted by atomic mass is 10.3. The van der Waals surface area contributed by atoms with E-state index in [9.17, 15) is 4.39 Å². The predicted molar refractivity (Wildman–Crippen MR) is 81.2 cm³/mol. The third-order valence-corrected chi connectivity index (χ3v) is 3.60. The van der Waals surface area contributed by atoms with Crippen molar-refractivity contribution in [3.8, 4) is 0 Å². The van der Waals surface area contributed by atoms with Gasteiger partial charge in [0, 0.05) is 24.3 Å². The van der Waals surface area contributed by atoms with E-state index in [1.54, 1.807) is 7.11 Å². The summed E-state index contributed by atoms with van der Waals surface area (Å²) in [6, 6.07) is 2.60. The first kappa shape index (κ1) is 15.3. The van der Waals surface area contributed by atoms with E-state index in [1.807, 2.05) is 17.7 Å². The van der Waals surface area contributed by atoms with Crippen LogP contribution in [0.5, 0.6) is 0 Å². The lowest BCUT2D eigenvalue weighted by Crippen LogP contribution is -2.07. The van der Waals surface area contributed by atoms with Crippen molar-refractivity contribution < 1.29 is 9.13 Å². The Hall–Kier alpha value is -1.11. The fourth-order valence-corrected chi connectivity index (χ4v) is 2.68. The number of hydrogen-bond donors (Lipinski definition) is 1. The molecule has 0 amide bonds. The summed E-state index contributed by atoms with van der Waals surface area (Å²) < 4.78 is 20.7. The summed E-state index contributed by atoms with van der Waals surface area (Å²) in [6.45, 7) is 3.13. The molecule has 20 heavy (non-hydrogen) atoms. The van der Waals surface area contributed by atoms with Crippen LogP contribution in [0.25, 0.3) is 0 Å². The summed E-state index contributed by atoms with van der Waals surface area (Å²) in [4.78, 5) is 4.39. The van der Waals surface area contributed by atoms with Crippen LogP contribution in [-0.2, 0) is 11.3 Å². The topological polar surface area (TPSA) is 39.1 Å². The Labute approximate surface area is 130 Å². The zero-order valence-corrected chi connectivity index (χ0v) is 13.4. The number of imidazole rings is 1. The molecule has 1 heterocycles. The van der Waals surface area contributed by atoms with Crippen LogP contribution >= 0.6 is 27.5 Å². The molecule has 108 valence electrons. The zero-order valence-electron chi connectivity index (χ0n) is 11.1. The van der Waals surface area contributed by atoms with Gasteiger partial charge in [0.05, 0.1) is 23.0 Å². The zero-order chi connectivity index (χ0) is 14.7. The number of rotatable bonds is 5. The van der Waals surface area contributed by atoms with E-state index < -0.39 is 5.82 Å². The average molecular weight is 363 g/mol. The first-order chi connectivity index (χ1) is 9.51. The molecule has 0 bridgehead atoms. The van der Waals surface area contributed by atoms with Crippen LogP contribution in [0.15, 0.2) is 22.8 Å². The first-order valence-corrected chi connectivity index (χ1v) is 7.12. The molecule has 4 nitrogen and oxygen atoms in total. The smallest absolute Gasteiger partial charge is 0.207 e. The number of methoxy groups -OCH3 is 1. The van der Waals surface area contributed by atoms with Crippen molar-refractivity contribution in [3.63, 3.8) is 0 Å². The SMILES string of the molecule is COCCn1cc(C)nc1Nc1c(Cl)cc(F)cc1Br. The standard InChI is InChI=1S/C13H14BrClFN3O/c1-8-7-19(3-4-20-2)13(17-8)18-12-10(14)5-9(16)6-11(12)15/h5-7H,3-4H2,1-2H3,(H,17,18). The lowest BCUT2D eigenvalue weighted by Gasteiger charge is -2.12. The second-order valence-corrected chi connectivity index (χ2v) is 5.52. The maximum absolute atomic E-state index is 13.2. The highest BCUT2D eigenvalue weighted by Crippen LogP contribution is 2.33. The molecule has 0 spiro atoms. The summed E-state index contributed by atoms with van der Waals surface area (Å²) in [5.41, 5.74) is 1.45. The second kappa shape index (κ2) is 6.56. The summed E-state index contributed by atoms with van der Waals surface area (Å²) in [7, 11) is 1.64. The van der Waals surface area contributed by atoms with Crippen LogP contribution in [-0.4, -0.2) is 23.3 Å². The van der Waals surface area contributed by atoms with Gasteiger partial charge in [-0.05, 0) is 35.0 Å². The molecule has 0 unspecified atom stereocenters. The Morgan fingerprint density at radius 1 is 1.50 bits per heavy atom. The van der Waals surface area contributed by atoms with Crippen LogP contribution in [0.3, 0.4) is 0 Å². The van der Waals surface area contributed by atoms with Gasteiger partial charge in [0.25, 0.3) is 0 Å². The predicted octanol–water partition coefficient (Wildman–Crippen LogP) is 4.14. The third kappa shape index (κ3) is 3.50. The maximum atomic E-state index is 13.2. The number of aryl methyl sites for hydroxylation is 1. The molecule has 0 saturated heterocycles. The molecule has 0 aliphatic carbocycles. The van der Waals surface area contributed by atoms with Crippen molar-refractivity contribution in [1.29, 1.82) is 0 Å². The van der Waals surface area contributed by atoms with E-state index in [0.717, 1.165) is 5.69 Å². The number of hydrogen-bond acceptors (Lipinski definition) is 3. The lowest BCUT2D eigenvalue weighted by molar-refractivity contribution is 0.188. The van der Waals surface area contributed by atoms with E-state index in [1.165, 1.54) is 12.1 Å². The van der Waals surface area contributed by atoms with Crippen LogP contribution in [0, 0.1) is 12.7 Å². The number of nitrogens with zero attached hydrogens (tertiary/aromatic N) is 2. The van der Waals surface area contributed by atoms with E-state index in [0.29, 0.717) is 29.3 Å². The fourth-order valence-electron chi connectivity index (χ4n) is 1.78. The minimum absolute atomic E-state index is 0.288. The number of nitrogens with one attached hydrogen (secondary N) is 1. The van der Waals surface area contributed by atoms with Crippen molar-refractivity contribution in [2.75, 3.05) is 19.0 Å². The van der Waals surface area contributed by atoms with Gasteiger partial charge in [0.1, 0.15) is 5.82 Å². The van der Waals surface area contributed by atoms with Crippen molar-refractivity contribution in [2.45, 2.75) is 13.5 Å². The van der Waals surface area contributed by atoms with Gasteiger partial charge >= 0.3 is 0 Å². The Kier molecular flexibility index (Phi) is 5.01. The number of aromatic nitrogens is 2. The van der Waals surface area contributed by atoms with Crippen molar-refractivity contribution >= 4 is 39.2 Å². The molecule has 2 rings (SSSR count). The molecule has 1 aromatic heterocycles. The molecule has 0 aliphatic heterocycles. The molecule has 0 atom stereocenters. The third-order valence-electron chi connectivity index (χ3n) is 2.68. The molecule has 7 heteroatoms. The summed E-state index contributed by atoms with van der Waals surface area (Å²) in [5.74, 6) is 0.236. The number of anilines is 2. The average Bonchev–Trinajstić information content (AvgIpc) is 2.71. The van der Waals surface area contributed by atoms with Crippen LogP contribution < -0.4 is 5.32 Å². The maximum Gasteiger partial charge on any atom is 0.207 e. The fraction of sp³-hybridized carbons (Fsp3) is 0.308. The largest absolute Gasteiger partial charge is 0.383 e. The van der Waals surface area contributed by atoms with Gasteiger partial charge in [-0.1, -0.05) is 11.6 Å². The van der Waals surface area contributed by atoms with Gasteiger partial charge in [-0.3, -0.25) is 0 Å². The highest BCUT2D eigenvalue weighted by Gasteiger charge is 2.12. The number of benzene rings is 1. The quantitative estimate of drug-likeness (QED) is 0.869. The van der Waals surface area contributed by atoms with Crippen molar-refractivity contribution in [1.82, 2.24) is 9.55 Å². The normalized spacial score (nSPS) is 10.8. The minimum Gasteiger partial charge on any atom is -0.383 e. The Balaban J connectivity index is 2.30. The molecule has 2 aromatic rings. The van der Waals surface area contributed by atoms with Crippen LogP contribution in [0.2, 0.25) is 5.02 Å². The van der Waals surface area contributed by atoms with Crippen LogP contribution in [0.1, 0.15) is 5.69 Å². The van der Waals surface area contributed by atoms with Gasteiger partial charge in [0.15, 0.2) is 0 Å². The Bertz CT molecular complexity index is 595. The van der Waals surface area contributed by atoms with Gasteiger partial charge in [-0.25, -0.2) is 9.37 Å². The molecular weight excluding hydrogens is 349 g/mol. The first-order valence-electron chi connectivity index (χ1n) is 5.95. The number of ether oxygens (including phenoxy) is 1. The molecule has 0 fully saturated rings. The van der Waals surface area contributed by atoms with Gasteiger partial charge in [0.2, 0.25) is 5.95 Å². The highest BCUT2D eigenvalue weighted by atomic mass is 79.9. The molecule has 1 aromatic carbocycles. The van der Waals surface area contributed by atoms with Crippen LogP contribution in [0.4, 0.5) is 16.0 Å². The van der Waals surface area contributed by atoms with E-state index in [2.05, 4.69) is 26.2 Å². The Morgan fingerprint density at radius 2 is 2.25 bits per heavy atom. The van der Waals surface area contributed by atoms with Gasteiger partial charge < -0.3 is 14.6 Å².